The Morgan fingerprint density at radius 3 is 2.57 bits per heavy atom. The van der Waals surface area contributed by atoms with Crippen LogP contribution >= 0.6 is 0 Å². The normalized spacial score (nSPS) is 22.6. The van der Waals surface area contributed by atoms with Gasteiger partial charge in [0.15, 0.2) is 0 Å². The van der Waals surface area contributed by atoms with Crippen LogP contribution in [-0.2, 0) is 4.74 Å². The average molecular weight is 320 g/mol. The number of amides is 1. The van der Waals surface area contributed by atoms with Gasteiger partial charge in [0, 0.05) is 18.6 Å². The number of ether oxygens (including phenoxy) is 1. The summed E-state index contributed by atoms with van der Waals surface area (Å²) in [7, 11) is 0. The molecular weight excluding hydrogens is 292 g/mol. The predicted molar refractivity (Wildman–Crippen MR) is 90.2 cm³/mol. The van der Waals surface area contributed by atoms with Gasteiger partial charge in [0.1, 0.15) is 5.60 Å². The van der Waals surface area contributed by atoms with Crippen LogP contribution in [0, 0.1) is 0 Å². The molecule has 3 unspecified atom stereocenters. The van der Waals surface area contributed by atoms with Crippen LogP contribution in [0.15, 0.2) is 30.3 Å². The van der Waals surface area contributed by atoms with E-state index in [-0.39, 0.29) is 12.1 Å². The number of carbonyl (C=O) groups excluding carboxylic acids is 1. The number of aliphatic hydroxyl groups is 1. The number of carbonyl (C=O) groups is 1. The molecule has 128 valence electrons. The van der Waals surface area contributed by atoms with Crippen molar-refractivity contribution >= 4 is 6.09 Å². The molecule has 1 saturated carbocycles. The van der Waals surface area contributed by atoms with Crippen molar-refractivity contribution in [2.75, 3.05) is 6.54 Å². The lowest BCUT2D eigenvalue weighted by Crippen LogP contribution is -2.39. The smallest absolute Gasteiger partial charge is 0.407 e. The summed E-state index contributed by atoms with van der Waals surface area (Å²) in [4.78, 5) is 11.8. The molecule has 1 amide bonds. The summed E-state index contributed by atoms with van der Waals surface area (Å²) in [5.41, 5.74) is 0.446. The minimum Gasteiger partial charge on any atom is -0.444 e. The van der Waals surface area contributed by atoms with Crippen LogP contribution < -0.4 is 10.6 Å². The highest BCUT2D eigenvalue weighted by molar-refractivity contribution is 5.68. The monoisotopic (exact) mass is 320 g/mol. The molecule has 0 bridgehead atoms. The van der Waals surface area contributed by atoms with Crippen LogP contribution in [0.5, 0.6) is 0 Å². The summed E-state index contributed by atoms with van der Waals surface area (Å²) in [6.45, 7) is 6.09. The van der Waals surface area contributed by atoms with Crippen molar-refractivity contribution < 1.29 is 14.6 Å². The summed E-state index contributed by atoms with van der Waals surface area (Å²) >= 11 is 0. The van der Waals surface area contributed by atoms with Crippen LogP contribution in [0.4, 0.5) is 4.79 Å². The molecule has 5 nitrogen and oxygen atoms in total. The van der Waals surface area contributed by atoms with Gasteiger partial charge in [0.05, 0.1) is 6.10 Å². The van der Waals surface area contributed by atoms with E-state index < -0.39 is 11.7 Å². The van der Waals surface area contributed by atoms with E-state index in [0.717, 1.165) is 24.8 Å². The maximum absolute atomic E-state index is 11.8. The van der Waals surface area contributed by atoms with Gasteiger partial charge in [-0.25, -0.2) is 4.79 Å². The van der Waals surface area contributed by atoms with Gasteiger partial charge in [-0.3, -0.25) is 0 Å². The molecular formula is C18H28N2O3. The summed E-state index contributed by atoms with van der Waals surface area (Å²) in [5, 5.41) is 16.5. The number of rotatable bonds is 5. The summed E-state index contributed by atoms with van der Waals surface area (Å²) < 4.78 is 5.28. The summed E-state index contributed by atoms with van der Waals surface area (Å²) in [6, 6.07) is 10.1. The minimum atomic E-state index is -0.505. The number of hydrogen-bond donors (Lipinski definition) is 3. The van der Waals surface area contributed by atoms with E-state index in [0.29, 0.717) is 12.6 Å². The van der Waals surface area contributed by atoms with Crippen molar-refractivity contribution in [3.05, 3.63) is 35.9 Å². The first-order valence-electron chi connectivity index (χ1n) is 8.29. The molecule has 1 aliphatic rings. The Balaban J connectivity index is 1.70. The second-order valence-corrected chi connectivity index (χ2v) is 7.19. The fraction of sp³-hybridized carbons (Fsp3) is 0.611. The first-order chi connectivity index (χ1) is 10.8. The zero-order chi connectivity index (χ0) is 16.9. The SMILES string of the molecule is CC(C)(C)OC(=O)NC1CCC(NCC(O)c2ccccc2)C1. The van der Waals surface area contributed by atoms with Gasteiger partial charge in [-0.05, 0) is 45.6 Å². The van der Waals surface area contributed by atoms with Crippen LogP contribution in [0.1, 0.15) is 51.7 Å². The van der Waals surface area contributed by atoms with Crippen molar-refractivity contribution in [3.63, 3.8) is 0 Å². The van der Waals surface area contributed by atoms with E-state index in [1.54, 1.807) is 0 Å². The highest BCUT2D eigenvalue weighted by atomic mass is 16.6. The molecule has 3 atom stereocenters. The van der Waals surface area contributed by atoms with Crippen LogP contribution in [0.3, 0.4) is 0 Å². The summed E-state index contributed by atoms with van der Waals surface area (Å²) in [5.74, 6) is 0. The van der Waals surface area contributed by atoms with Crippen molar-refractivity contribution in [1.29, 1.82) is 0 Å². The Morgan fingerprint density at radius 2 is 1.91 bits per heavy atom. The first-order valence-corrected chi connectivity index (χ1v) is 8.29. The van der Waals surface area contributed by atoms with Crippen LogP contribution in [0.2, 0.25) is 0 Å². The molecule has 3 N–H and O–H groups in total. The van der Waals surface area contributed by atoms with Gasteiger partial charge in [-0.15, -0.1) is 0 Å². The third-order valence-corrected chi connectivity index (χ3v) is 3.94. The Bertz CT molecular complexity index is 499. The molecule has 0 aliphatic heterocycles. The van der Waals surface area contributed by atoms with E-state index in [1.807, 2.05) is 51.1 Å². The quantitative estimate of drug-likeness (QED) is 0.780. The van der Waals surface area contributed by atoms with Gasteiger partial charge < -0.3 is 20.5 Å². The van der Waals surface area contributed by atoms with E-state index >= 15 is 0 Å². The van der Waals surface area contributed by atoms with Crippen LogP contribution in [0.25, 0.3) is 0 Å². The van der Waals surface area contributed by atoms with Crippen molar-refractivity contribution in [2.45, 2.75) is 63.8 Å². The Hall–Kier alpha value is -1.59. The maximum Gasteiger partial charge on any atom is 0.407 e. The highest BCUT2D eigenvalue weighted by Gasteiger charge is 2.27. The topological polar surface area (TPSA) is 70.6 Å². The number of aliphatic hydroxyl groups excluding tert-OH is 1. The highest BCUT2D eigenvalue weighted by Crippen LogP contribution is 2.21. The van der Waals surface area contributed by atoms with E-state index in [4.69, 9.17) is 4.74 Å². The number of alkyl carbamates (subject to hydrolysis) is 1. The zero-order valence-electron chi connectivity index (χ0n) is 14.2. The number of benzene rings is 1. The average Bonchev–Trinajstić information content (AvgIpc) is 2.91. The number of nitrogens with one attached hydrogen (secondary N) is 2. The molecule has 0 spiro atoms. The Kier molecular flexibility index (Phi) is 6.02. The Morgan fingerprint density at radius 1 is 1.26 bits per heavy atom. The van der Waals surface area contributed by atoms with Gasteiger partial charge in [-0.1, -0.05) is 30.3 Å². The molecule has 1 fully saturated rings. The molecule has 0 aromatic heterocycles. The lowest BCUT2D eigenvalue weighted by Gasteiger charge is -2.22. The molecule has 1 aromatic carbocycles. The molecule has 5 heteroatoms. The molecule has 1 aromatic rings. The fourth-order valence-corrected chi connectivity index (χ4v) is 2.84. The molecule has 0 heterocycles. The Labute approximate surface area is 138 Å². The first kappa shape index (κ1) is 17.8. The van der Waals surface area contributed by atoms with E-state index in [9.17, 15) is 9.90 Å². The standard InChI is InChI=1S/C18H28N2O3/c1-18(2,3)23-17(22)20-15-10-9-14(11-15)19-12-16(21)13-7-5-4-6-8-13/h4-8,14-16,19,21H,9-12H2,1-3H3,(H,20,22). The lowest BCUT2D eigenvalue weighted by atomic mass is 10.1. The van der Waals surface area contributed by atoms with Crippen molar-refractivity contribution in [2.24, 2.45) is 0 Å². The third-order valence-electron chi connectivity index (χ3n) is 3.94. The van der Waals surface area contributed by atoms with Gasteiger partial charge in [0.2, 0.25) is 0 Å². The van der Waals surface area contributed by atoms with E-state index in [1.165, 1.54) is 0 Å². The summed E-state index contributed by atoms with van der Waals surface area (Å²) in [6.07, 6.45) is 1.92. The van der Waals surface area contributed by atoms with Gasteiger partial charge >= 0.3 is 6.09 Å². The van der Waals surface area contributed by atoms with Crippen molar-refractivity contribution in [3.8, 4) is 0 Å². The molecule has 1 aliphatic carbocycles. The van der Waals surface area contributed by atoms with Crippen molar-refractivity contribution in [1.82, 2.24) is 10.6 Å². The largest absolute Gasteiger partial charge is 0.444 e. The van der Waals surface area contributed by atoms with Gasteiger partial charge in [-0.2, -0.15) is 0 Å². The third kappa shape index (κ3) is 6.20. The molecule has 2 rings (SSSR count). The number of hydrogen-bond acceptors (Lipinski definition) is 4. The maximum atomic E-state index is 11.8. The molecule has 0 saturated heterocycles. The second-order valence-electron chi connectivity index (χ2n) is 7.19. The second kappa shape index (κ2) is 7.79. The molecule has 23 heavy (non-hydrogen) atoms. The fourth-order valence-electron chi connectivity index (χ4n) is 2.84. The zero-order valence-corrected chi connectivity index (χ0v) is 14.2. The minimum absolute atomic E-state index is 0.135. The van der Waals surface area contributed by atoms with Gasteiger partial charge in [0.25, 0.3) is 0 Å². The molecule has 0 radical (unpaired) electrons. The predicted octanol–water partition coefficient (Wildman–Crippen LogP) is 2.76. The lowest BCUT2D eigenvalue weighted by molar-refractivity contribution is 0.0505. The van der Waals surface area contributed by atoms with Crippen LogP contribution in [-0.4, -0.2) is 35.4 Å². The van der Waals surface area contributed by atoms with E-state index in [2.05, 4.69) is 10.6 Å².